The Hall–Kier alpha value is -1.11. The van der Waals surface area contributed by atoms with Crippen LogP contribution in [0.1, 0.15) is 16.8 Å². The maximum atomic E-state index is 4.14. The van der Waals surface area contributed by atoms with E-state index in [1.165, 1.54) is 5.56 Å². The molecule has 0 bridgehead atoms. The molecule has 0 fully saturated rings. The van der Waals surface area contributed by atoms with Gasteiger partial charge in [0.05, 0.1) is 0 Å². The van der Waals surface area contributed by atoms with Crippen molar-refractivity contribution in [1.29, 1.82) is 0 Å². The van der Waals surface area contributed by atoms with Crippen molar-refractivity contribution in [2.75, 3.05) is 0 Å². The summed E-state index contributed by atoms with van der Waals surface area (Å²) in [6.07, 6.45) is 3.67. The van der Waals surface area contributed by atoms with Gasteiger partial charge in [0.25, 0.3) is 0 Å². The molecule has 52 valence electrons. The van der Waals surface area contributed by atoms with Gasteiger partial charge in [-0.15, -0.1) is 0 Å². The summed E-state index contributed by atoms with van der Waals surface area (Å²) in [6.45, 7) is 7.73. The third kappa shape index (κ3) is 1.24. The summed E-state index contributed by atoms with van der Waals surface area (Å²) in [5.41, 5.74) is 3.41. The largest absolute Gasteiger partial charge is 0.261 e. The van der Waals surface area contributed by atoms with E-state index in [0.29, 0.717) is 0 Å². The second-order valence-corrected chi connectivity index (χ2v) is 2.39. The Morgan fingerprint density at radius 3 is 2.70 bits per heavy atom. The van der Waals surface area contributed by atoms with Crippen LogP contribution in [0.2, 0.25) is 0 Å². The molecule has 0 aliphatic rings. The van der Waals surface area contributed by atoms with Crippen molar-refractivity contribution >= 4 is 6.08 Å². The summed E-state index contributed by atoms with van der Waals surface area (Å²) in [7, 11) is 0. The van der Waals surface area contributed by atoms with Crippen LogP contribution < -0.4 is 0 Å². The number of rotatable bonds is 1. The fourth-order valence-electron chi connectivity index (χ4n) is 0.921. The van der Waals surface area contributed by atoms with E-state index in [0.717, 1.165) is 11.3 Å². The highest BCUT2D eigenvalue weighted by Gasteiger charge is 1.92. The molecule has 1 rings (SSSR count). The third-order valence-corrected chi connectivity index (χ3v) is 1.51. The van der Waals surface area contributed by atoms with E-state index < -0.39 is 0 Å². The van der Waals surface area contributed by atoms with Crippen LogP contribution in [0.4, 0.5) is 0 Å². The van der Waals surface area contributed by atoms with Gasteiger partial charge in [-0.1, -0.05) is 12.7 Å². The molecule has 0 atom stereocenters. The van der Waals surface area contributed by atoms with E-state index in [-0.39, 0.29) is 0 Å². The first kappa shape index (κ1) is 7.00. The SMILES string of the molecule is C=Cc1cnc(C)cc1C. The summed E-state index contributed by atoms with van der Waals surface area (Å²) < 4.78 is 0. The van der Waals surface area contributed by atoms with Gasteiger partial charge in [0.15, 0.2) is 0 Å². The summed E-state index contributed by atoms with van der Waals surface area (Å²) in [5.74, 6) is 0. The predicted octanol–water partition coefficient (Wildman–Crippen LogP) is 2.34. The Bertz CT molecular complexity index is 251. The van der Waals surface area contributed by atoms with Gasteiger partial charge in [0, 0.05) is 11.9 Å². The molecule has 0 amide bonds. The minimum Gasteiger partial charge on any atom is -0.261 e. The molecule has 0 aromatic carbocycles. The molecular formula is C9H11N. The van der Waals surface area contributed by atoms with Crippen LogP contribution in [0.25, 0.3) is 6.08 Å². The number of aromatic nitrogens is 1. The van der Waals surface area contributed by atoms with Crippen LogP contribution in [0.5, 0.6) is 0 Å². The maximum Gasteiger partial charge on any atom is 0.0375 e. The van der Waals surface area contributed by atoms with Gasteiger partial charge in [-0.05, 0) is 31.0 Å². The zero-order valence-corrected chi connectivity index (χ0v) is 6.39. The first-order valence-electron chi connectivity index (χ1n) is 3.29. The zero-order chi connectivity index (χ0) is 7.56. The van der Waals surface area contributed by atoms with Crippen molar-refractivity contribution in [2.45, 2.75) is 13.8 Å². The highest BCUT2D eigenvalue weighted by Crippen LogP contribution is 2.07. The van der Waals surface area contributed by atoms with E-state index in [4.69, 9.17) is 0 Å². The Labute approximate surface area is 61.4 Å². The highest BCUT2D eigenvalue weighted by atomic mass is 14.7. The monoisotopic (exact) mass is 133 g/mol. The van der Waals surface area contributed by atoms with Crippen molar-refractivity contribution in [2.24, 2.45) is 0 Å². The van der Waals surface area contributed by atoms with Gasteiger partial charge in [-0.25, -0.2) is 0 Å². The van der Waals surface area contributed by atoms with E-state index >= 15 is 0 Å². The van der Waals surface area contributed by atoms with Gasteiger partial charge in [0.2, 0.25) is 0 Å². The second kappa shape index (κ2) is 2.65. The zero-order valence-electron chi connectivity index (χ0n) is 6.39. The van der Waals surface area contributed by atoms with E-state index in [2.05, 4.69) is 24.6 Å². The summed E-state index contributed by atoms with van der Waals surface area (Å²) in [5, 5.41) is 0. The molecule has 0 saturated carbocycles. The molecule has 0 saturated heterocycles. The molecule has 0 spiro atoms. The molecule has 1 aromatic rings. The molecule has 1 aromatic heterocycles. The number of nitrogens with zero attached hydrogens (tertiary/aromatic N) is 1. The minimum absolute atomic E-state index is 1.06. The Morgan fingerprint density at radius 2 is 2.20 bits per heavy atom. The lowest BCUT2D eigenvalue weighted by molar-refractivity contribution is 1.17. The molecule has 0 aliphatic heterocycles. The lowest BCUT2D eigenvalue weighted by atomic mass is 10.1. The molecular weight excluding hydrogens is 122 g/mol. The normalized spacial score (nSPS) is 9.40. The van der Waals surface area contributed by atoms with Crippen molar-refractivity contribution < 1.29 is 0 Å². The molecule has 10 heavy (non-hydrogen) atoms. The number of hydrogen-bond acceptors (Lipinski definition) is 1. The molecule has 1 heterocycles. The Kier molecular flexibility index (Phi) is 1.86. The predicted molar refractivity (Wildman–Crippen MR) is 43.8 cm³/mol. The average molecular weight is 133 g/mol. The topological polar surface area (TPSA) is 12.9 Å². The first-order valence-corrected chi connectivity index (χ1v) is 3.29. The van der Waals surface area contributed by atoms with Crippen LogP contribution >= 0.6 is 0 Å². The summed E-state index contributed by atoms with van der Waals surface area (Å²) in [6, 6.07) is 2.05. The van der Waals surface area contributed by atoms with E-state index in [1.54, 1.807) is 0 Å². The van der Waals surface area contributed by atoms with E-state index in [9.17, 15) is 0 Å². The Balaban J connectivity index is 3.19. The third-order valence-electron chi connectivity index (χ3n) is 1.51. The van der Waals surface area contributed by atoms with Crippen LogP contribution in [0.15, 0.2) is 18.8 Å². The lowest BCUT2D eigenvalue weighted by Gasteiger charge is -1.98. The Morgan fingerprint density at radius 1 is 1.50 bits per heavy atom. The smallest absolute Gasteiger partial charge is 0.0375 e. The molecule has 0 radical (unpaired) electrons. The summed E-state index contributed by atoms with van der Waals surface area (Å²) >= 11 is 0. The highest BCUT2D eigenvalue weighted by molar-refractivity contribution is 5.50. The van der Waals surface area contributed by atoms with Crippen LogP contribution in [-0.2, 0) is 0 Å². The quantitative estimate of drug-likeness (QED) is 0.573. The maximum absolute atomic E-state index is 4.14. The van der Waals surface area contributed by atoms with Crippen LogP contribution in [0, 0.1) is 13.8 Å². The summed E-state index contributed by atoms with van der Waals surface area (Å²) in [4.78, 5) is 4.14. The van der Waals surface area contributed by atoms with Crippen LogP contribution in [0.3, 0.4) is 0 Å². The van der Waals surface area contributed by atoms with Crippen LogP contribution in [-0.4, -0.2) is 4.98 Å². The van der Waals surface area contributed by atoms with Crippen molar-refractivity contribution in [3.8, 4) is 0 Å². The van der Waals surface area contributed by atoms with Crippen molar-refractivity contribution in [1.82, 2.24) is 4.98 Å². The average Bonchev–Trinajstić information content (AvgIpc) is 1.88. The fraction of sp³-hybridized carbons (Fsp3) is 0.222. The van der Waals surface area contributed by atoms with Gasteiger partial charge >= 0.3 is 0 Å². The van der Waals surface area contributed by atoms with Gasteiger partial charge in [-0.2, -0.15) is 0 Å². The van der Waals surface area contributed by atoms with Gasteiger partial charge in [0.1, 0.15) is 0 Å². The second-order valence-electron chi connectivity index (χ2n) is 2.39. The number of pyridine rings is 1. The molecule has 0 unspecified atom stereocenters. The standard InChI is InChI=1S/C9H11N/c1-4-9-6-10-8(3)5-7(9)2/h4-6H,1H2,2-3H3. The van der Waals surface area contributed by atoms with Crippen molar-refractivity contribution in [3.05, 3.63) is 35.7 Å². The van der Waals surface area contributed by atoms with Gasteiger partial charge < -0.3 is 0 Å². The minimum atomic E-state index is 1.06. The molecule has 1 nitrogen and oxygen atoms in total. The molecule has 1 heteroatoms. The number of hydrogen-bond donors (Lipinski definition) is 0. The first-order chi connectivity index (χ1) is 4.74. The number of aryl methyl sites for hydroxylation is 2. The lowest BCUT2D eigenvalue weighted by Crippen LogP contribution is -1.85. The molecule has 0 aliphatic carbocycles. The fourth-order valence-corrected chi connectivity index (χ4v) is 0.921. The van der Waals surface area contributed by atoms with Crippen molar-refractivity contribution in [3.63, 3.8) is 0 Å². The van der Waals surface area contributed by atoms with Gasteiger partial charge in [-0.3, -0.25) is 4.98 Å². The van der Waals surface area contributed by atoms with E-state index in [1.807, 2.05) is 19.2 Å². The molecule has 0 N–H and O–H groups in total.